The van der Waals surface area contributed by atoms with Crippen molar-refractivity contribution in [2.75, 3.05) is 0 Å². The Morgan fingerprint density at radius 3 is 1.96 bits per heavy atom. The van der Waals surface area contributed by atoms with Crippen LogP contribution in [-0.4, -0.2) is 8.07 Å². The molecule has 4 rings (SSSR count). The molecule has 0 saturated heterocycles. The predicted octanol–water partition coefficient (Wildman–Crippen LogP) is 4.81. The summed E-state index contributed by atoms with van der Waals surface area (Å²) in [7, 11) is -1.91. The zero-order valence-electron chi connectivity index (χ0n) is 14.5. The van der Waals surface area contributed by atoms with Crippen molar-refractivity contribution in [3.05, 3.63) is 109 Å². The quantitative estimate of drug-likeness (QED) is 0.468. The van der Waals surface area contributed by atoms with Crippen LogP contribution in [0, 0.1) is 0 Å². The Kier molecular flexibility index (Phi) is 4.25. The van der Waals surface area contributed by atoms with Crippen LogP contribution in [0.4, 0.5) is 0 Å². The van der Waals surface area contributed by atoms with Gasteiger partial charge in [-0.2, -0.15) is 0 Å². The highest BCUT2D eigenvalue weighted by atomic mass is 28.3. The van der Waals surface area contributed by atoms with Gasteiger partial charge in [0.25, 0.3) is 0 Å². The monoisotopic (exact) mass is 338 g/mol. The molecule has 25 heavy (non-hydrogen) atoms. The van der Waals surface area contributed by atoms with Crippen LogP contribution in [0.2, 0.25) is 6.55 Å². The first-order chi connectivity index (χ1) is 12.3. The van der Waals surface area contributed by atoms with E-state index in [1.54, 1.807) is 0 Å². The van der Waals surface area contributed by atoms with E-state index < -0.39 is 8.07 Å². The lowest BCUT2D eigenvalue weighted by molar-refractivity contribution is 1.34. The minimum absolute atomic E-state index is 1.12. The maximum atomic E-state index is 2.51. The molecule has 0 nitrogen and oxygen atoms in total. The number of benzene rings is 4. The summed E-state index contributed by atoms with van der Waals surface area (Å²) in [5, 5.41) is 5.76. The van der Waals surface area contributed by atoms with E-state index in [0.717, 1.165) is 6.04 Å². The number of rotatable bonds is 4. The van der Waals surface area contributed by atoms with Crippen molar-refractivity contribution in [2.45, 2.75) is 12.6 Å². The maximum absolute atomic E-state index is 2.51. The van der Waals surface area contributed by atoms with Crippen molar-refractivity contribution in [2.24, 2.45) is 0 Å². The van der Waals surface area contributed by atoms with Gasteiger partial charge in [-0.3, -0.25) is 0 Å². The van der Waals surface area contributed by atoms with Crippen LogP contribution in [0.25, 0.3) is 10.8 Å². The second kappa shape index (κ2) is 6.70. The molecule has 0 aromatic heterocycles. The molecular formula is C24H22Si. The van der Waals surface area contributed by atoms with E-state index in [2.05, 4.69) is 110 Å². The van der Waals surface area contributed by atoms with E-state index in [1.807, 2.05) is 0 Å². The lowest BCUT2D eigenvalue weighted by atomic mass is 10.1. The van der Waals surface area contributed by atoms with Crippen LogP contribution in [-0.2, 0) is 6.04 Å². The predicted molar refractivity (Wildman–Crippen MR) is 111 cm³/mol. The number of hydrogen-bond donors (Lipinski definition) is 0. The summed E-state index contributed by atoms with van der Waals surface area (Å²) in [5.74, 6) is 0. The molecule has 122 valence electrons. The van der Waals surface area contributed by atoms with Crippen molar-refractivity contribution < 1.29 is 0 Å². The molecule has 1 atom stereocenters. The van der Waals surface area contributed by atoms with Gasteiger partial charge in [-0.1, -0.05) is 120 Å². The van der Waals surface area contributed by atoms with Crippen LogP contribution in [0.1, 0.15) is 5.56 Å². The molecule has 0 amide bonds. The van der Waals surface area contributed by atoms with E-state index in [0.29, 0.717) is 0 Å². The third-order valence-electron chi connectivity index (χ3n) is 5.20. The van der Waals surface area contributed by atoms with Crippen molar-refractivity contribution in [1.82, 2.24) is 0 Å². The maximum Gasteiger partial charge on any atom is 0.120 e. The second-order valence-corrected chi connectivity index (χ2v) is 11.0. The fourth-order valence-corrected chi connectivity index (χ4v) is 7.84. The average molecular weight is 339 g/mol. The molecule has 0 aliphatic heterocycles. The van der Waals surface area contributed by atoms with E-state index >= 15 is 0 Å². The summed E-state index contributed by atoms with van der Waals surface area (Å²) in [5.41, 5.74) is 1.42. The Morgan fingerprint density at radius 1 is 0.600 bits per heavy atom. The highest BCUT2D eigenvalue weighted by molar-refractivity contribution is 7.02. The molecule has 0 bridgehead atoms. The first-order valence-electron chi connectivity index (χ1n) is 8.85. The second-order valence-electron chi connectivity index (χ2n) is 6.89. The lowest BCUT2D eigenvalue weighted by Crippen LogP contribution is -2.58. The Balaban J connectivity index is 1.94. The van der Waals surface area contributed by atoms with Gasteiger partial charge in [-0.05, 0) is 22.0 Å². The van der Waals surface area contributed by atoms with E-state index in [1.165, 1.54) is 26.7 Å². The Bertz CT molecular complexity index is 971. The minimum atomic E-state index is -1.91. The highest BCUT2D eigenvalue weighted by Gasteiger charge is 2.33. The first-order valence-corrected chi connectivity index (χ1v) is 11.6. The van der Waals surface area contributed by atoms with Gasteiger partial charge in [0.15, 0.2) is 0 Å². The number of hydrogen-bond acceptors (Lipinski definition) is 0. The fourth-order valence-electron chi connectivity index (χ4n) is 3.87. The first kappa shape index (κ1) is 15.9. The zero-order chi connectivity index (χ0) is 17.1. The van der Waals surface area contributed by atoms with Crippen molar-refractivity contribution in [3.63, 3.8) is 0 Å². The SMILES string of the molecule is C[Si@@](Cc1ccccc1)(c1ccccc1)c1cccc2ccccc12. The molecule has 0 N–H and O–H groups in total. The van der Waals surface area contributed by atoms with Crippen LogP contribution >= 0.6 is 0 Å². The van der Waals surface area contributed by atoms with Crippen molar-refractivity contribution >= 4 is 29.2 Å². The Labute approximate surface area is 150 Å². The molecule has 4 aromatic rings. The molecule has 1 heteroatoms. The molecule has 0 spiro atoms. The summed E-state index contributed by atoms with van der Waals surface area (Å²) < 4.78 is 0. The van der Waals surface area contributed by atoms with Gasteiger partial charge in [-0.25, -0.2) is 0 Å². The van der Waals surface area contributed by atoms with Gasteiger partial charge in [0.1, 0.15) is 8.07 Å². The minimum Gasteiger partial charge on any atom is -0.0626 e. The smallest absolute Gasteiger partial charge is 0.0626 e. The summed E-state index contributed by atoms with van der Waals surface area (Å²) >= 11 is 0. The summed E-state index contributed by atoms with van der Waals surface area (Å²) in [4.78, 5) is 0. The molecule has 0 unspecified atom stereocenters. The molecule has 0 radical (unpaired) electrons. The van der Waals surface area contributed by atoms with Gasteiger partial charge in [0.2, 0.25) is 0 Å². The van der Waals surface area contributed by atoms with E-state index in [-0.39, 0.29) is 0 Å². The summed E-state index contributed by atoms with van der Waals surface area (Å²) in [6.07, 6.45) is 0. The topological polar surface area (TPSA) is 0 Å². The average Bonchev–Trinajstić information content (AvgIpc) is 2.69. The van der Waals surface area contributed by atoms with Gasteiger partial charge in [0, 0.05) is 0 Å². The molecule has 0 aliphatic rings. The van der Waals surface area contributed by atoms with Crippen LogP contribution in [0.5, 0.6) is 0 Å². The number of fused-ring (bicyclic) bond motifs is 1. The molecule has 0 aliphatic carbocycles. The largest absolute Gasteiger partial charge is 0.120 e. The Hall–Kier alpha value is -2.64. The van der Waals surface area contributed by atoms with Crippen LogP contribution in [0.15, 0.2) is 103 Å². The fraction of sp³-hybridized carbons (Fsp3) is 0.0833. The molecule has 0 fully saturated rings. The third kappa shape index (κ3) is 3.03. The normalized spacial score (nSPS) is 13.5. The van der Waals surface area contributed by atoms with Gasteiger partial charge < -0.3 is 0 Å². The Morgan fingerprint density at radius 2 is 1.20 bits per heavy atom. The van der Waals surface area contributed by atoms with Crippen LogP contribution in [0.3, 0.4) is 0 Å². The van der Waals surface area contributed by atoms with E-state index in [4.69, 9.17) is 0 Å². The highest BCUT2D eigenvalue weighted by Crippen LogP contribution is 2.19. The van der Waals surface area contributed by atoms with Crippen molar-refractivity contribution in [1.29, 1.82) is 0 Å². The molecule has 0 saturated carbocycles. The molecule has 0 heterocycles. The summed E-state index contributed by atoms with van der Waals surface area (Å²) in [6.45, 7) is 2.51. The van der Waals surface area contributed by atoms with Gasteiger partial charge in [-0.15, -0.1) is 0 Å². The van der Waals surface area contributed by atoms with Gasteiger partial charge in [0.05, 0.1) is 0 Å². The third-order valence-corrected chi connectivity index (χ3v) is 9.54. The standard InChI is InChI=1S/C24H22Si/c1-25(22-15-6-3-7-16-22,19-20-11-4-2-5-12-20)24-18-10-14-21-13-8-9-17-23(21)24/h2-18H,19H2,1H3/t25-/m1/s1. The molecule has 4 aromatic carbocycles. The van der Waals surface area contributed by atoms with Gasteiger partial charge >= 0.3 is 0 Å². The summed E-state index contributed by atoms with van der Waals surface area (Å²) in [6, 6.07) is 38.7. The van der Waals surface area contributed by atoms with E-state index in [9.17, 15) is 0 Å². The lowest BCUT2D eigenvalue weighted by Gasteiger charge is -2.30. The van der Waals surface area contributed by atoms with Crippen molar-refractivity contribution in [3.8, 4) is 0 Å². The zero-order valence-corrected chi connectivity index (χ0v) is 15.5. The molecular weight excluding hydrogens is 316 g/mol. The van der Waals surface area contributed by atoms with Crippen LogP contribution < -0.4 is 10.4 Å².